The van der Waals surface area contributed by atoms with Crippen LogP contribution in [-0.2, 0) is 9.47 Å². The monoisotopic (exact) mass is 397 g/mol. The van der Waals surface area contributed by atoms with Crippen LogP contribution in [0.1, 0.15) is 20.7 Å². The molecule has 0 saturated carbocycles. The number of methoxy groups -OCH3 is 4. The minimum absolute atomic E-state index is 0.122. The van der Waals surface area contributed by atoms with E-state index in [0.29, 0.717) is 28.0 Å². The SMILES string of the molecule is COC(=O)c1c(C(=O)OC)c(-c2ccncc2)c2cc(OC)c(OC)cc2c1O. The van der Waals surface area contributed by atoms with Gasteiger partial charge in [0.15, 0.2) is 11.5 Å². The standard InChI is InChI=1S/C21H19NO7/c1-26-14-9-12-13(10-15(14)27-2)19(23)18(21(25)29-4)17(20(24)28-3)16(12)11-5-7-22-8-6-11/h5-10,23H,1-4H3. The van der Waals surface area contributed by atoms with Crippen LogP contribution in [0.5, 0.6) is 17.2 Å². The zero-order chi connectivity index (χ0) is 21.1. The number of rotatable bonds is 5. The lowest BCUT2D eigenvalue weighted by atomic mass is 9.88. The van der Waals surface area contributed by atoms with Gasteiger partial charge in [-0.3, -0.25) is 4.98 Å². The van der Waals surface area contributed by atoms with Crippen molar-refractivity contribution in [3.8, 4) is 28.4 Å². The number of carbonyl (C=O) groups excluding carboxylic acids is 2. The number of aromatic hydroxyl groups is 1. The van der Waals surface area contributed by atoms with E-state index in [0.717, 1.165) is 7.11 Å². The first-order chi connectivity index (χ1) is 14.0. The zero-order valence-electron chi connectivity index (χ0n) is 16.3. The van der Waals surface area contributed by atoms with E-state index in [9.17, 15) is 14.7 Å². The van der Waals surface area contributed by atoms with Gasteiger partial charge in [-0.1, -0.05) is 0 Å². The van der Waals surface area contributed by atoms with Gasteiger partial charge in [-0.05, 0) is 35.2 Å². The van der Waals surface area contributed by atoms with Crippen molar-refractivity contribution in [2.24, 2.45) is 0 Å². The van der Waals surface area contributed by atoms with Crippen LogP contribution in [0.2, 0.25) is 0 Å². The van der Waals surface area contributed by atoms with Crippen molar-refractivity contribution < 1.29 is 33.6 Å². The number of nitrogens with zero attached hydrogens (tertiary/aromatic N) is 1. The van der Waals surface area contributed by atoms with Crippen LogP contribution in [0.3, 0.4) is 0 Å². The first-order valence-electron chi connectivity index (χ1n) is 8.50. The van der Waals surface area contributed by atoms with Crippen LogP contribution in [0.25, 0.3) is 21.9 Å². The number of benzene rings is 2. The summed E-state index contributed by atoms with van der Waals surface area (Å²) >= 11 is 0. The Bertz CT molecular complexity index is 1090. The molecule has 0 aliphatic heterocycles. The first-order valence-corrected chi connectivity index (χ1v) is 8.50. The predicted octanol–water partition coefficient (Wildman–Crippen LogP) is 3.20. The summed E-state index contributed by atoms with van der Waals surface area (Å²) in [7, 11) is 5.28. The van der Waals surface area contributed by atoms with Gasteiger partial charge in [0.1, 0.15) is 11.3 Å². The van der Waals surface area contributed by atoms with Crippen molar-refractivity contribution >= 4 is 22.7 Å². The molecule has 8 nitrogen and oxygen atoms in total. The summed E-state index contributed by atoms with van der Waals surface area (Å²) in [5.74, 6) is -1.38. The topological polar surface area (TPSA) is 104 Å². The number of ether oxygens (including phenoxy) is 4. The van der Waals surface area contributed by atoms with Crippen molar-refractivity contribution in [2.45, 2.75) is 0 Å². The lowest BCUT2D eigenvalue weighted by Gasteiger charge is -2.19. The van der Waals surface area contributed by atoms with Gasteiger partial charge in [0.25, 0.3) is 0 Å². The first kappa shape index (κ1) is 19.9. The molecule has 0 fully saturated rings. The minimum atomic E-state index is -0.880. The number of phenols is 1. The normalized spacial score (nSPS) is 10.5. The average molecular weight is 397 g/mol. The molecule has 1 heterocycles. The Morgan fingerprint density at radius 1 is 0.828 bits per heavy atom. The summed E-state index contributed by atoms with van der Waals surface area (Å²) in [5.41, 5.74) is 0.532. The maximum absolute atomic E-state index is 12.7. The second-order valence-electron chi connectivity index (χ2n) is 5.95. The van der Waals surface area contributed by atoms with Crippen molar-refractivity contribution in [2.75, 3.05) is 28.4 Å². The van der Waals surface area contributed by atoms with Crippen LogP contribution in [0.4, 0.5) is 0 Å². The third-order valence-electron chi connectivity index (χ3n) is 4.53. The molecular weight excluding hydrogens is 378 g/mol. The van der Waals surface area contributed by atoms with Gasteiger partial charge in [-0.2, -0.15) is 0 Å². The molecule has 1 aromatic heterocycles. The van der Waals surface area contributed by atoms with Crippen LogP contribution in [-0.4, -0.2) is 50.5 Å². The second-order valence-corrected chi connectivity index (χ2v) is 5.95. The Morgan fingerprint density at radius 2 is 1.34 bits per heavy atom. The molecule has 0 atom stereocenters. The quantitative estimate of drug-likeness (QED) is 0.655. The number of fused-ring (bicyclic) bond motifs is 1. The third kappa shape index (κ3) is 3.29. The molecule has 3 aromatic rings. The van der Waals surface area contributed by atoms with Crippen molar-refractivity contribution in [3.05, 3.63) is 47.8 Å². The van der Waals surface area contributed by atoms with Gasteiger partial charge in [-0.15, -0.1) is 0 Å². The molecule has 0 aliphatic carbocycles. The largest absolute Gasteiger partial charge is 0.506 e. The van der Waals surface area contributed by atoms with E-state index in [1.54, 1.807) is 30.6 Å². The molecule has 0 radical (unpaired) electrons. The molecule has 1 N–H and O–H groups in total. The van der Waals surface area contributed by atoms with E-state index < -0.39 is 17.7 Å². The summed E-state index contributed by atoms with van der Waals surface area (Å²) in [6.45, 7) is 0. The van der Waals surface area contributed by atoms with Crippen LogP contribution in [0.15, 0.2) is 36.7 Å². The number of pyridine rings is 1. The second kappa shape index (κ2) is 8.05. The van der Waals surface area contributed by atoms with Gasteiger partial charge in [0.05, 0.1) is 34.0 Å². The predicted molar refractivity (Wildman–Crippen MR) is 105 cm³/mol. The summed E-state index contributed by atoms with van der Waals surface area (Å²) < 4.78 is 20.4. The molecular formula is C21H19NO7. The molecule has 3 rings (SSSR count). The number of phenolic OH excluding ortho intramolecular Hbond substituents is 1. The Labute approximate surface area is 166 Å². The molecule has 29 heavy (non-hydrogen) atoms. The third-order valence-corrected chi connectivity index (χ3v) is 4.53. The number of hydrogen-bond acceptors (Lipinski definition) is 8. The smallest absolute Gasteiger partial charge is 0.342 e. The number of carbonyl (C=O) groups is 2. The van der Waals surface area contributed by atoms with E-state index >= 15 is 0 Å². The molecule has 0 saturated heterocycles. The van der Waals surface area contributed by atoms with Crippen molar-refractivity contribution in [1.29, 1.82) is 0 Å². The van der Waals surface area contributed by atoms with Gasteiger partial charge in [0, 0.05) is 23.3 Å². The van der Waals surface area contributed by atoms with Gasteiger partial charge >= 0.3 is 11.9 Å². The molecule has 0 unspecified atom stereocenters. The highest BCUT2D eigenvalue weighted by Crippen LogP contribution is 2.45. The lowest BCUT2D eigenvalue weighted by Crippen LogP contribution is -2.14. The van der Waals surface area contributed by atoms with E-state index in [1.165, 1.54) is 27.4 Å². The molecule has 0 aliphatic rings. The maximum atomic E-state index is 12.7. The van der Waals surface area contributed by atoms with E-state index in [-0.39, 0.29) is 16.5 Å². The lowest BCUT2D eigenvalue weighted by molar-refractivity contribution is 0.0553. The Balaban J connectivity index is 2.61. The fraction of sp³-hybridized carbons (Fsp3) is 0.190. The molecule has 2 aromatic carbocycles. The highest BCUT2D eigenvalue weighted by molar-refractivity contribution is 6.18. The summed E-state index contributed by atoms with van der Waals surface area (Å²) in [6, 6.07) is 6.50. The fourth-order valence-corrected chi connectivity index (χ4v) is 3.22. The van der Waals surface area contributed by atoms with E-state index in [2.05, 4.69) is 4.98 Å². The number of hydrogen-bond donors (Lipinski definition) is 1. The molecule has 150 valence electrons. The van der Waals surface area contributed by atoms with Crippen LogP contribution >= 0.6 is 0 Å². The van der Waals surface area contributed by atoms with E-state index in [1.807, 2.05) is 0 Å². The Kier molecular flexibility index (Phi) is 5.54. The van der Waals surface area contributed by atoms with Gasteiger partial charge < -0.3 is 24.1 Å². The molecule has 0 spiro atoms. The zero-order valence-corrected chi connectivity index (χ0v) is 16.3. The van der Waals surface area contributed by atoms with Gasteiger partial charge in [0.2, 0.25) is 0 Å². The maximum Gasteiger partial charge on any atom is 0.342 e. The summed E-state index contributed by atoms with van der Waals surface area (Å²) in [4.78, 5) is 29.2. The number of aromatic nitrogens is 1. The fourth-order valence-electron chi connectivity index (χ4n) is 3.22. The van der Waals surface area contributed by atoms with Crippen LogP contribution in [0, 0.1) is 0 Å². The van der Waals surface area contributed by atoms with Crippen molar-refractivity contribution in [3.63, 3.8) is 0 Å². The van der Waals surface area contributed by atoms with E-state index in [4.69, 9.17) is 18.9 Å². The highest BCUT2D eigenvalue weighted by atomic mass is 16.5. The molecule has 8 heteroatoms. The Hall–Kier alpha value is -3.81. The van der Waals surface area contributed by atoms with Crippen LogP contribution < -0.4 is 9.47 Å². The molecule has 0 amide bonds. The highest BCUT2D eigenvalue weighted by Gasteiger charge is 2.31. The number of esters is 2. The molecule has 0 bridgehead atoms. The minimum Gasteiger partial charge on any atom is -0.506 e. The van der Waals surface area contributed by atoms with Gasteiger partial charge in [-0.25, -0.2) is 9.59 Å². The summed E-state index contributed by atoms with van der Waals surface area (Å²) in [6.07, 6.45) is 3.10. The van der Waals surface area contributed by atoms with Crippen molar-refractivity contribution in [1.82, 2.24) is 4.98 Å². The average Bonchev–Trinajstić information content (AvgIpc) is 2.77. The summed E-state index contributed by atoms with van der Waals surface area (Å²) in [5, 5.41) is 11.7. The Morgan fingerprint density at radius 3 is 1.86 bits per heavy atom.